The Labute approximate surface area is 141 Å². The van der Waals surface area contributed by atoms with Gasteiger partial charge >= 0.3 is 7.12 Å². The summed E-state index contributed by atoms with van der Waals surface area (Å²) >= 11 is 0. The molecule has 0 atom stereocenters. The van der Waals surface area contributed by atoms with Crippen molar-refractivity contribution in [2.75, 3.05) is 0 Å². The molecule has 4 heteroatoms. The lowest BCUT2D eigenvalue weighted by atomic mass is 9.79. The summed E-state index contributed by atoms with van der Waals surface area (Å²) in [5.41, 5.74) is 0.181. The van der Waals surface area contributed by atoms with Crippen LogP contribution in [-0.2, 0) is 9.31 Å². The minimum absolute atomic E-state index is 0.317. The normalized spacial score (nSPS) is 29.9. The van der Waals surface area contributed by atoms with E-state index in [1.165, 1.54) is 38.5 Å². The first-order valence-corrected chi connectivity index (χ1v) is 9.27. The van der Waals surface area contributed by atoms with E-state index in [1.807, 2.05) is 6.07 Å². The molecule has 2 heterocycles. The Morgan fingerprint density at radius 2 is 1.61 bits per heavy atom. The zero-order valence-corrected chi connectivity index (χ0v) is 15.4. The molecule has 0 radical (unpaired) electrons. The second-order valence-electron chi connectivity index (χ2n) is 8.33. The van der Waals surface area contributed by atoms with Crippen molar-refractivity contribution in [1.82, 2.24) is 0 Å². The Hall–Kier alpha value is -0.735. The van der Waals surface area contributed by atoms with Crippen LogP contribution >= 0.6 is 0 Å². The van der Waals surface area contributed by atoms with E-state index < -0.39 is 0 Å². The fraction of sp³-hybridized carbons (Fsp3) is 0.789. The van der Waals surface area contributed by atoms with Crippen LogP contribution in [0.3, 0.4) is 0 Å². The lowest BCUT2D eigenvalue weighted by Crippen LogP contribution is -2.41. The standard InChI is InChI=1S/C19H31BO3/c1-6-7-14-8-10-15(11-9-14)16-12-13-17(21-16)20-22-18(2,3)19(4,5)23-20/h12-15H,6-11H2,1-5H3. The summed E-state index contributed by atoms with van der Waals surface area (Å²) in [6.45, 7) is 10.6. The minimum atomic E-state index is -0.384. The molecule has 1 aromatic heterocycles. The highest BCUT2D eigenvalue weighted by molar-refractivity contribution is 6.60. The highest BCUT2D eigenvalue weighted by Gasteiger charge is 2.53. The van der Waals surface area contributed by atoms with Gasteiger partial charge < -0.3 is 13.7 Å². The molecule has 128 valence electrons. The Morgan fingerprint density at radius 1 is 1.00 bits per heavy atom. The number of hydrogen-bond acceptors (Lipinski definition) is 3. The zero-order chi connectivity index (χ0) is 16.7. The van der Waals surface area contributed by atoms with Crippen molar-refractivity contribution >= 4 is 12.8 Å². The molecule has 1 aliphatic carbocycles. The highest BCUT2D eigenvalue weighted by Crippen LogP contribution is 2.39. The van der Waals surface area contributed by atoms with Crippen molar-refractivity contribution < 1.29 is 13.7 Å². The van der Waals surface area contributed by atoms with E-state index in [4.69, 9.17) is 13.7 Å². The van der Waals surface area contributed by atoms with E-state index in [1.54, 1.807) is 0 Å². The first kappa shape index (κ1) is 17.1. The van der Waals surface area contributed by atoms with Crippen LogP contribution in [-0.4, -0.2) is 18.3 Å². The SMILES string of the molecule is CCCC1CCC(c2ccc(B3OC(C)(C)C(C)(C)O3)o2)CC1. The molecular weight excluding hydrogens is 287 g/mol. The van der Waals surface area contributed by atoms with E-state index in [0.717, 1.165) is 17.3 Å². The van der Waals surface area contributed by atoms with Gasteiger partial charge in [0.2, 0.25) is 0 Å². The predicted molar refractivity (Wildman–Crippen MR) is 94.0 cm³/mol. The van der Waals surface area contributed by atoms with Crippen LogP contribution in [0.4, 0.5) is 0 Å². The lowest BCUT2D eigenvalue weighted by Gasteiger charge is -2.32. The van der Waals surface area contributed by atoms with Gasteiger partial charge in [0.15, 0.2) is 0 Å². The van der Waals surface area contributed by atoms with Gasteiger partial charge in [0.25, 0.3) is 0 Å². The molecular formula is C19H31BO3. The van der Waals surface area contributed by atoms with Crippen molar-refractivity contribution in [2.24, 2.45) is 5.92 Å². The number of hydrogen-bond donors (Lipinski definition) is 0. The van der Waals surface area contributed by atoms with Gasteiger partial charge in [-0.1, -0.05) is 19.8 Å². The van der Waals surface area contributed by atoms with E-state index in [2.05, 4.69) is 40.7 Å². The summed E-state index contributed by atoms with van der Waals surface area (Å²) in [4.78, 5) is 0. The summed E-state index contributed by atoms with van der Waals surface area (Å²) in [7, 11) is -0.384. The van der Waals surface area contributed by atoms with Gasteiger partial charge in [0.05, 0.1) is 11.2 Å². The monoisotopic (exact) mass is 318 g/mol. The molecule has 1 aliphatic heterocycles. The highest BCUT2D eigenvalue weighted by atomic mass is 16.7. The molecule has 1 saturated heterocycles. The summed E-state index contributed by atoms with van der Waals surface area (Å²) < 4.78 is 18.3. The van der Waals surface area contributed by atoms with Crippen molar-refractivity contribution in [2.45, 2.75) is 90.3 Å². The van der Waals surface area contributed by atoms with Crippen LogP contribution in [0.2, 0.25) is 0 Å². The third-order valence-corrected chi connectivity index (χ3v) is 6.08. The van der Waals surface area contributed by atoms with Gasteiger partial charge in [-0.3, -0.25) is 0 Å². The zero-order valence-electron chi connectivity index (χ0n) is 15.4. The molecule has 0 bridgehead atoms. The lowest BCUT2D eigenvalue weighted by molar-refractivity contribution is 0.00578. The van der Waals surface area contributed by atoms with Gasteiger partial charge in [-0.25, -0.2) is 0 Å². The third-order valence-electron chi connectivity index (χ3n) is 6.08. The average molecular weight is 318 g/mol. The number of furan rings is 1. The van der Waals surface area contributed by atoms with Crippen molar-refractivity contribution in [1.29, 1.82) is 0 Å². The summed E-state index contributed by atoms with van der Waals surface area (Å²) in [6, 6.07) is 4.17. The molecule has 1 saturated carbocycles. The fourth-order valence-corrected chi connectivity index (χ4v) is 3.82. The van der Waals surface area contributed by atoms with Crippen LogP contribution in [0.1, 0.15) is 84.8 Å². The quantitative estimate of drug-likeness (QED) is 0.757. The van der Waals surface area contributed by atoms with Gasteiger partial charge in [-0.05, 0) is 71.4 Å². The van der Waals surface area contributed by atoms with Crippen LogP contribution in [0, 0.1) is 5.92 Å². The molecule has 2 fully saturated rings. The maximum atomic E-state index is 6.14. The smallest absolute Gasteiger partial charge is 0.469 e. The van der Waals surface area contributed by atoms with E-state index in [-0.39, 0.29) is 18.3 Å². The van der Waals surface area contributed by atoms with Gasteiger partial charge in [0, 0.05) is 5.92 Å². The van der Waals surface area contributed by atoms with Gasteiger partial charge in [-0.2, -0.15) is 0 Å². The Bertz CT molecular complexity index is 510. The number of rotatable bonds is 4. The first-order valence-electron chi connectivity index (χ1n) is 9.27. The van der Waals surface area contributed by atoms with Gasteiger partial charge in [-0.15, -0.1) is 0 Å². The van der Waals surface area contributed by atoms with Crippen molar-refractivity contribution in [3.63, 3.8) is 0 Å². The molecule has 3 rings (SSSR count). The molecule has 0 N–H and O–H groups in total. The summed E-state index contributed by atoms with van der Waals surface area (Å²) in [5.74, 6) is 2.61. The van der Waals surface area contributed by atoms with E-state index >= 15 is 0 Å². The molecule has 0 spiro atoms. The predicted octanol–water partition coefficient (Wildman–Crippen LogP) is 4.65. The first-order chi connectivity index (χ1) is 10.8. The largest absolute Gasteiger partial charge is 0.532 e. The van der Waals surface area contributed by atoms with E-state index in [9.17, 15) is 0 Å². The maximum absolute atomic E-state index is 6.14. The Balaban J connectivity index is 1.64. The third kappa shape index (κ3) is 3.39. The Kier molecular flexibility index (Phi) is 4.68. The molecule has 23 heavy (non-hydrogen) atoms. The molecule has 0 unspecified atom stereocenters. The molecule has 2 aliphatic rings. The van der Waals surface area contributed by atoms with Crippen molar-refractivity contribution in [3.8, 4) is 0 Å². The topological polar surface area (TPSA) is 31.6 Å². The van der Waals surface area contributed by atoms with E-state index in [0.29, 0.717) is 5.92 Å². The molecule has 0 amide bonds. The minimum Gasteiger partial charge on any atom is -0.469 e. The maximum Gasteiger partial charge on any atom is 0.532 e. The molecule has 3 nitrogen and oxygen atoms in total. The second kappa shape index (κ2) is 6.29. The second-order valence-corrected chi connectivity index (χ2v) is 8.33. The molecule has 0 aromatic carbocycles. The van der Waals surface area contributed by atoms with Gasteiger partial charge in [0.1, 0.15) is 11.4 Å². The van der Waals surface area contributed by atoms with Crippen LogP contribution < -0.4 is 5.66 Å². The molecule has 1 aromatic rings. The Morgan fingerprint density at radius 3 is 2.17 bits per heavy atom. The average Bonchev–Trinajstić information content (AvgIpc) is 3.04. The van der Waals surface area contributed by atoms with Crippen molar-refractivity contribution in [3.05, 3.63) is 17.9 Å². The van der Waals surface area contributed by atoms with Crippen LogP contribution in [0.25, 0.3) is 0 Å². The van der Waals surface area contributed by atoms with Crippen LogP contribution in [0.5, 0.6) is 0 Å². The summed E-state index contributed by atoms with van der Waals surface area (Å²) in [5, 5.41) is 0. The summed E-state index contributed by atoms with van der Waals surface area (Å²) in [6.07, 6.45) is 7.87. The van der Waals surface area contributed by atoms with Crippen LogP contribution in [0.15, 0.2) is 16.5 Å². The fourth-order valence-electron chi connectivity index (χ4n) is 3.82.